The first-order valence-electron chi connectivity index (χ1n) is 10.2. The minimum atomic E-state index is -0.984. The van der Waals surface area contributed by atoms with Crippen LogP contribution in [0.3, 0.4) is 0 Å². The number of nitrogens with zero attached hydrogens (tertiary/aromatic N) is 2. The van der Waals surface area contributed by atoms with E-state index in [4.69, 9.17) is 14.6 Å². The molecule has 0 bridgehead atoms. The SMILES string of the molecule is C=CCc1cc(/C=N/Nc2ccc([N+](=O)[O-])cc2)cc(OC)c1OCc1ccc(C(=O)O)cc1. The van der Waals surface area contributed by atoms with E-state index in [1.165, 1.54) is 31.4 Å². The molecule has 3 aromatic carbocycles. The summed E-state index contributed by atoms with van der Waals surface area (Å²) < 4.78 is 11.6. The fraction of sp³-hybridized carbons (Fsp3) is 0.120. The van der Waals surface area contributed by atoms with Crippen LogP contribution in [0.2, 0.25) is 0 Å². The lowest BCUT2D eigenvalue weighted by molar-refractivity contribution is -0.384. The summed E-state index contributed by atoms with van der Waals surface area (Å²) in [5.74, 6) is 0.0891. The van der Waals surface area contributed by atoms with E-state index in [-0.39, 0.29) is 17.9 Å². The molecule has 3 aromatic rings. The number of hydrogen-bond donors (Lipinski definition) is 2. The molecule has 0 aliphatic heterocycles. The van der Waals surface area contributed by atoms with Gasteiger partial charge >= 0.3 is 5.97 Å². The van der Waals surface area contributed by atoms with Crippen molar-refractivity contribution in [3.63, 3.8) is 0 Å². The maximum atomic E-state index is 11.0. The van der Waals surface area contributed by atoms with Gasteiger partial charge in [-0.1, -0.05) is 18.2 Å². The lowest BCUT2D eigenvalue weighted by atomic mass is 10.1. The Morgan fingerprint density at radius 3 is 2.47 bits per heavy atom. The third-order valence-electron chi connectivity index (χ3n) is 4.81. The van der Waals surface area contributed by atoms with Crippen molar-refractivity contribution in [3.05, 3.63) is 106 Å². The topological polar surface area (TPSA) is 123 Å². The van der Waals surface area contributed by atoms with Crippen LogP contribution < -0.4 is 14.9 Å². The molecule has 3 rings (SSSR count). The van der Waals surface area contributed by atoms with Crippen molar-refractivity contribution in [1.82, 2.24) is 0 Å². The van der Waals surface area contributed by atoms with E-state index in [1.807, 2.05) is 6.07 Å². The number of anilines is 1. The molecule has 34 heavy (non-hydrogen) atoms. The van der Waals surface area contributed by atoms with Gasteiger partial charge in [0.05, 0.1) is 29.5 Å². The van der Waals surface area contributed by atoms with Gasteiger partial charge in [0, 0.05) is 17.7 Å². The van der Waals surface area contributed by atoms with Gasteiger partial charge in [-0.25, -0.2) is 4.79 Å². The molecule has 9 heteroatoms. The van der Waals surface area contributed by atoms with E-state index in [9.17, 15) is 14.9 Å². The van der Waals surface area contributed by atoms with E-state index in [1.54, 1.807) is 42.6 Å². The molecule has 0 unspecified atom stereocenters. The molecule has 0 saturated carbocycles. The molecule has 2 N–H and O–H groups in total. The average molecular weight is 461 g/mol. The largest absolute Gasteiger partial charge is 0.493 e. The van der Waals surface area contributed by atoms with Gasteiger partial charge < -0.3 is 14.6 Å². The first-order chi connectivity index (χ1) is 16.4. The summed E-state index contributed by atoms with van der Waals surface area (Å²) >= 11 is 0. The van der Waals surface area contributed by atoms with Crippen molar-refractivity contribution in [2.45, 2.75) is 13.0 Å². The zero-order valence-corrected chi connectivity index (χ0v) is 18.4. The van der Waals surface area contributed by atoms with Crippen LogP contribution in [0.4, 0.5) is 11.4 Å². The first-order valence-corrected chi connectivity index (χ1v) is 10.2. The summed E-state index contributed by atoms with van der Waals surface area (Å²) in [6.45, 7) is 4.03. The van der Waals surface area contributed by atoms with Crippen LogP contribution in [0.1, 0.15) is 27.0 Å². The number of nitro benzene ring substituents is 1. The summed E-state index contributed by atoms with van der Waals surface area (Å²) in [7, 11) is 1.54. The number of carboxylic acid groups (broad SMARTS) is 1. The number of rotatable bonds is 11. The number of methoxy groups -OCH3 is 1. The van der Waals surface area contributed by atoms with Crippen LogP contribution in [-0.4, -0.2) is 29.3 Å². The van der Waals surface area contributed by atoms with Crippen molar-refractivity contribution in [2.75, 3.05) is 12.5 Å². The lowest BCUT2D eigenvalue weighted by Gasteiger charge is -2.16. The third kappa shape index (κ3) is 6.19. The molecule has 0 atom stereocenters. The second kappa shape index (κ2) is 11.3. The van der Waals surface area contributed by atoms with E-state index in [0.717, 1.165) is 16.7 Å². The molecular weight excluding hydrogens is 438 g/mol. The number of nitro groups is 1. The normalized spacial score (nSPS) is 10.6. The summed E-state index contributed by atoms with van der Waals surface area (Å²) in [4.78, 5) is 21.3. The fourth-order valence-corrected chi connectivity index (χ4v) is 3.12. The molecule has 0 heterocycles. The highest BCUT2D eigenvalue weighted by Gasteiger charge is 2.13. The summed E-state index contributed by atoms with van der Waals surface area (Å²) in [5.41, 5.74) is 6.06. The summed E-state index contributed by atoms with van der Waals surface area (Å²) in [5, 5.41) is 24.0. The number of carbonyl (C=O) groups is 1. The summed E-state index contributed by atoms with van der Waals surface area (Å²) in [6, 6.07) is 16.1. The maximum Gasteiger partial charge on any atom is 0.335 e. The number of aromatic carboxylic acids is 1. The van der Waals surface area contributed by atoms with Gasteiger partial charge in [-0.15, -0.1) is 6.58 Å². The minimum Gasteiger partial charge on any atom is -0.493 e. The molecule has 9 nitrogen and oxygen atoms in total. The zero-order valence-electron chi connectivity index (χ0n) is 18.4. The molecule has 0 amide bonds. The highest BCUT2D eigenvalue weighted by molar-refractivity contribution is 5.87. The Labute approximate surface area is 196 Å². The van der Waals surface area contributed by atoms with Gasteiger partial charge in [-0.3, -0.25) is 15.5 Å². The molecule has 0 fully saturated rings. The van der Waals surface area contributed by atoms with Crippen LogP contribution in [0, 0.1) is 10.1 Å². The number of non-ortho nitro benzene ring substituents is 1. The van der Waals surface area contributed by atoms with Crippen molar-refractivity contribution >= 4 is 23.6 Å². The van der Waals surface area contributed by atoms with Crippen molar-refractivity contribution < 1.29 is 24.3 Å². The molecule has 0 spiro atoms. The standard InChI is InChI=1S/C25H23N3O6/c1-3-4-20-13-18(15-26-27-21-9-11-22(12-10-21)28(31)32)14-23(33-2)24(20)34-16-17-5-7-19(8-6-17)25(29)30/h3,5-15,27H,1,4,16H2,2H3,(H,29,30)/b26-15+. The second-order valence-electron chi connectivity index (χ2n) is 7.17. The van der Waals surface area contributed by atoms with Crippen LogP contribution in [0.5, 0.6) is 11.5 Å². The monoisotopic (exact) mass is 461 g/mol. The Kier molecular flexibility index (Phi) is 7.96. The highest BCUT2D eigenvalue weighted by Crippen LogP contribution is 2.34. The third-order valence-corrected chi connectivity index (χ3v) is 4.81. The maximum absolute atomic E-state index is 11.0. The van der Waals surface area contributed by atoms with Crippen LogP contribution in [-0.2, 0) is 13.0 Å². The lowest BCUT2D eigenvalue weighted by Crippen LogP contribution is -2.03. The number of allylic oxidation sites excluding steroid dienone is 1. The minimum absolute atomic E-state index is 0.00162. The number of nitrogens with one attached hydrogen (secondary N) is 1. The summed E-state index contributed by atoms with van der Waals surface area (Å²) in [6.07, 6.45) is 3.88. The number of ether oxygens (including phenoxy) is 2. The number of hydrogen-bond acceptors (Lipinski definition) is 7. The number of benzene rings is 3. The second-order valence-corrected chi connectivity index (χ2v) is 7.17. The average Bonchev–Trinajstić information content (AvgIpc) is 2.84. The number of carboxylic acids is 1. The van der Waals surface area contributed by atoms with Crippen LogP contribution in [0.15, 0.2) is 78.4 Å². The first kappa shape index (κ1) is 24.0. The smallest absolute Gasteiger partial charge is 0.335 e. The van der Waals surface area contributed by atoms with Gasteiger partial charge in [0.15, 0.2) is 11.5 Å². The van der Waals surface area contributed by atoms with Gasteiger partial charge in [0.2, 0.25) is 0 Å². The van der Waals surface area contributed by atoms with Gasteiger partial charge in [-0.2, -0.15) is 5.10 Å². The Bertz CT molecular complexity index is 1200. The van der Waals surface area contributed by atoms with Gasteiger partial charge in [0.25, 0.3) is 5.69 Å². The van der Waals surface area contributed by atoms with Crippen LogP contribution in [0.25, 0.3) is 0 Å². The molecule has 0 saturated heterocycles. The van der Waals surface area contributed by atoms with Gasteiger partial charge in [0.1, 0.15) is 6.61 Å². The van der Waals surface area contributed by atoms with E-state index >= 15 is 0 Å². The Balaban J connectivity index is 1.76. The molecule has 0 aliphatic carbocycles. The van der Waals surface area contributed by atoms with E-state index in [0.29, 0.717) is 23.6 Å². The van der Waals surface area contributed by atoms with Crippen molar-refractivity contribution in [1.29, 1.82) is 0 Å². The predicted octanol–water partition coefficient (Wildman–Crippen LogP) is 5.06. The Morgan fingerprint density at radius 2 is 1.88 bits per heavy atom. The Morgan fingerprint density at radius 1 is 1.18 bits per heavy atom. The molecule has 174 valence electrons. The molecule has 0 radical (unpaired) electrons. The van der Waals surface area contributed by atoms with E-state index in [2.05, 4.69) is 17.1 Å². The number of hydrazone groups is 1. The Hall–Kier alpha value is -4.66. The van der Waals surface area contributed by atoms with Crippen LogP contribution >= 0.6 is 0 Å². The van der Waals surface area contributed by atoms with Gasteiger partial charge in [-0.05, 0) is 53.9 Å². The zero-order chi connectivity index (χ0) is 24.5. The van der Waals surface area contributed by atoms with Crippen molar-refractivity contribution in [2.24, 2.45) is 5.10 Å². The molecule has 0 aromatic heterocycles. The molecular formula is C25H23N3O6. The highest BCUT2D eigenvalue weighted by atomic mass is 16.6. The fourth-order valence-electron chi connectivity index (χ4n) is 3.12. The predicted molar refractivity (Wildman–Crippen MR) is 129 cm³/mol. The van der Waals surface area contributed by atoms with Crippen molar-refractivity contribution in [3.8, 4) is 11.5 Å². The van der Waals surface area contributed by atoms with E-state index < -0.39 is 10.9 Å². The molecule has 0 aliphatic rings. The quantitative estimate of drug-likeness (QED) is 0.177.